The Balaban J connectivity index is 3.06. The summed E-state index contributed by atoms with van der Waals surface area (Å²) in [4.78, 5) is 34.2. The van der Waals surface area contributed by atoms with Crippen LogP contribution in [0.1, 0.15) is 13.8 Å². The number of rotatable bonds is 4. The molecule has 2 atom stereocenters. The van der Waals surface area contributed by atoms with Crippen LogP contribution in [-0.4, -0.2) is 28.3 Å². The zero-order chi connectivity index (χ0) is 14.8. The van der Waals surface area contributed by atoms with Crippen LogP contribution in [0.25, 0.3) is 0 Å². The number of hydrogen-bond donors (Lipinski definition) is 3. The summed E-state index contributed by atoms with van der Waals surface area (Å²) in [6, 6.07) is 0. The van der Waals surface area contributed by atoms with Crippen molar-refractivity contribution in [3.05, 3.63) is 36.1 Å². The van der Waals surface area contributed by atoms with Crippen molar-refractivity contribution in [1.82, 2.24) is 5.32 Å². The average molecular weight is 264 g/mol. The molecule has 2 unspecified atom stereocenters. The predicted octanol–water partition coefficient (Wildman–Crippen LogP) is -0.446. The molecule has 1 aliphatic carbocycles. The number of Topliss-reactive ketones (excluding diaryl/α,β-unsaturated/α-hetero) is 1. The number of nitrogens with two attached hydrogens (primary N) is 1. The summed E-state index contributed by atoms with van der Waals surface area (Å²) in [5.41, 5.74) is 3.77. The molecule has 0 saturated heterocycles. The van der Waals surface area contributed by atoms with Crippen molar-refractivity contribution < 1.29 is 19.5 Å². The lowest BCUT2D eigenvalue weighted by molar-refractivity contribution is -0.140. The van der Waals surface area contributed by atoms with Gasteiger partial charge >= 0.3 is 0 Å². The Morgan fingerprint density at radius 1 is 1.42 bits per heavy atom. The van der Waals surface area contributed by atoms with Crippen molar-refractivity contribution in [2.24, 2.45) is 11.7 Å². The summed E-state index contributed by atoms with van der Waals surface area (Å²) in [6.07, 6.45) is 3.76. The number of aliphatic hydroxyl groups is 1. The summed E-state index contributed by atoms with van der Waals surface area (Å²) < 4.78 is 0. The Morgan fingerprint density at radius 3 is 2.42 bits per heavy atom. The molecule has 0 aromatic heterocycles. The van der Waals surface area contributed by atoms with E-state index in [1.807, 2.05) is 0 Å². The molecular weight excluding hydrogens is 248 g/mol. The number of carbonyl (C=O) groups excluding carboxylic acids is 3. The van der Waals surface area contributed by atoms with Crippen LogP contribution in [0, 0.1) is 5.92 Å². The van der Waals surface area contributed by atoms with E-state index >= 15 is 0 Å². The van der Waals surface area contributed by atoms with Gasteiger partial charge < -0.3 is 16.2 Å². The fraction of sp³-hybridized carbons (Fsp3) is 0.308. The third kappa shape index (κ3) is 2.97. The Labute approximate surface area is 110 Å². The van der Waals surface area contributed by atoms with E-state index in [2.05, 4.69) is 11.9 Å². The van der Waals surface area contributed by atoms with Gasteiger partial charge in [0.1, 0.15) is 0 Å². The molecule has 19 heavy (non-hydrogen) atoms. The molecule has 6 heteroatoms. The number of carbonyl (C=O) groups is 3. The molecule has 1 aliphatic rings. The monoisotopic (exact) mass is 264 g/mol. The van der Waals surface area contributed by atoms with Gasteiger partial charge in [-0.05, 0) is 32.1 Å². The predicted molar refractivity (Wildman–Crippen MR) is 68.5 cm³/mol. The first-order valence-electron chi connectivity index (χ1n) is 5.59. The molecule has 0 saturated carbocycles. The van der Waals surface area contributed by atoms with Gasteiger partial charge in [-0.2, -0.15) is 0 Å². The van der Waals surface area contributed by atoms with E-state index in [0.29, 0.717) is 0 Å². The topological polar surface area (TPSA) is 109 Å². The van der Waals surface area contributed by atoms with Gasteiger partial charge in [0, 0.05) is 11.3 Å². The SMILES string of the molecule is C=C(C)C(=O)NC1=CC(C(N)=O)C(O)(C(C)=O)C=C1. The molecule has 0 aliphatic heterocycles. The van der Waals surface area contributed by atoms with Gasteiger partial charge in [-0.25, -0.2) is 0 Å². The molecule has 4 N–H and O–H groups in total. The second-order valence-corrected chi connectivity index (χ2v) is 4.45. The van der Waals surface area contributed by atoms with E-state index in [1.54, 1.807) is 0 Å². The van der Waals surface area contributed by atoms with E-state index in [9.17, 15) is 19.5 Å². The van der Waals surface area contributed by atoms with E-state index < -0.39 is 29.1 Å². The fourth-order valence-corrected chi connectivity index (χ4v) is 1.64. The Kier molecular flexibility index (Phi) is 4.06. The summed E-state index contributed by atoms with van der Waals surface area (Å²) >= 11 is 0. The third-order valence-corrected chi connectivity index (χ3v) is 2.85. The zero-order valence-electron chi connectivity index (χ0n) is 10.8. The van der Waals surface area contributed by atoms with Crippen LogP contribution >= 0.6 is 0 Å². The maximum absolute atomic E-state index is 11.5. The molecular formula is C13H16N2O4. The highest BCUT2D eigenvalue weighted by molar-refractivity contribution is 5.97. The fourth-order valence-electron chi connectivity index (χ4n) is 1.64. The van der Waals surface area contributed by atoms with Crippen LogP contribution < -0.4 is 11.1 Å². The maximum Gasteiger partial charge on any atom is 0.250 e. The van der Waals surface area contributed by atoms with Crippen LogP contribution in [-0.2, 0) is 14.4 Å². The third-order valence-electron chi connectivity index (χ3n) is 2.85. The van der Waals surface area contributed by atoms with Crippen LogP contribution in [0.15, 0.2) is 36.1 Å². The van der Waals surface area contributed by atoms with E-state index in [4.69, 9.17) is 5.73 Å². The molecule has 0 radical (unpaired) electrons. The van der Waals surface area contributed by atoms with Crippen molar-refractivity contribution in [2.45, 2.75) is 19.4 Å². The molecule has 0 bridgehead atoms. The molecule has 2 amide bonds. The molecule has 1 rings (SSSR count). The van der Waals surface area contributed by atoms with E-state index in [1.165, 1.54) is 19.1 Å². The van der Waals surface area contributed by atoms with E-state index in [0.717, 1.165) is 13.0 Å². The second kappa shape index (κ2) is 5.19. The van der Waals surface area contributed by atoms with Gasteiger partial charge in [-0.1, -0.05) is 6.58 Å². The number of allylic oxidation sites excluding steroid dienone is 1. The molecule has 102 valence electrons. The van der Waals surface area contributed by atoms with Crippen LogP contribution in [0.2, 0.25) is 0 Å². The van der Waals surface area contributed by atoms with Crippen molar-refractivity contribution in [3.63, 3.8) is 0 Å². The number of amides is 2. The van der Waals surface area contributed by atoms with Gasteiger partial charge in [-0.3, -0.25) is 14.4 Å². The highest BCUT2D eigenvalue weighted by atomic mass is 16.3. The minimum atomic E-state index is -1.97. The second-order valence-electron chi connectivity index (χ2n) is 4.45. The van der Waals surface area contributed by atoms with Gasteiger partial charge in [0.25, 0.3) is 5.91 Å². The summed E-state index contributed by atoms with van der Waals surface area (Å²) in [5.74, 6) is -3.11. The first-order chi connectivity index (χ1) is 8.68. The molecule has 0 aromatic rings. The normalized spacial score (nSPS) is 25.4. The number of nitrogens with one attached hydrogen (secondary N) is 1. The lowest BCUT2D eigenvalue weighted by Crippen LogP contribution is -2.49. The standard InChI is InChI=1S/C13H16N2O4/c1-7(2)12(18)15-9-4-5-13(19,8(3)16)10(6-9)11(14)17/h4-6,10,19H,1H2,2-3H3,(H2,14,17)(H,15,18). The zero-order valence-corrected chi connectivity index (χ0v) is 10.8. The summed E-state index contributed by atoms with van der Waals surface area (Å²) in [6.45, 7) is 6.16. The molecule has 0 fully saturated rings. The first-order valence-corrected chi connectivity index (χ1v) is 5.59. The highest BCUT2D eigenvalue weighted by Crippen LogP contribution is 2.27. The minimum Gasteiger partial charge on any atom is -0.377 e. The summed E-state index contributed by atoms with van der Waals surface area (Å²) in [7, 11) is 0. The van der Waals surface area contributed by atoms with Crippen molar-refractivity contribution in [2.75, 3.05) is 0 Å². The smallest absolute Gasteiger partial charge is 0.250 e. The van der Waals surface area contributed by atoms with Gasteiger partial charge in [0.05, 0.1) is 5.92 Å². The summed E-state index contributed by atoms with van der Waals surface area (Å²) in [5, 5.41) is 12.6. The number of ketones is 1. The van der Waals surface area contributed by atoms with Crippen molar-refractivity contribution in [1.29, 1.82) is 0 Å². The Bertz CT molecular complexity index is 519. The largest absolute Gasteiger partial charge is 0.377 e. The molecule has 0 aromatic carbocycles. The van der Waals surface area contributed by atoms with Gasteiger partial charge in [0.2, 0.25) is 5.91 Å². The van der Waals surface area contributed by atoms with Crippen LogP contribution in [0.3, 0.4) is 0 Å². The van der Waals surface area contributed by atoms with Gasteiger partial charge in [-0.15, -0.1) is 0 Å². The molecule has 0 heterocycles. The quantitative estimate of drug-likeness (QED) is 0.597. The van der Waals surface area contributed by atoms with Crippen molar-refractivity contribution >= 4 is 17.6 Å². The number of primary amides is 1. The Morgan fingerprint density at radius 2 is 2.00 bits per heavy atom. The van der Waals surface area contributed by atoms with Gasteiger partial charge in [0.15, 0.2) is 11.4 Å². The average Bonchev–Trinajstić information content (AvgIpc) is 2.30. The maximum atomic E-state index is 11.5. The Hall–Kier alpha value is -2.21. The van der Waals surface area contributed by atoms with Crippen LogP contribution in [0.4, 0.5) is 0 Å². The highest BCUT2D eigenvalue weighted by Gasteiger charge is 2.43. The molecule has 6 nitrogen and oxygen atoms in total. The first kappa shape index (κ1) is 14.8. The lowest BCUT2D eigenvalue weighted by atomic mass is 9.79. The van der Waals surface area contributed by atoms with Crippen molar-refractivity contribution in [3.8, 4) is 0 Å². The molecule has 0 spiro atoms. The minimum absolute atomic E-state index is 0.280. The lowest BCUT2D eigenvalue weighted by Gasteiger charge is -2.30. The van der Waals surface area contributed by atoms with E-state index in [-0.39, 0.29) is 11.3 Å². The van der Waals surface area contributed by atoms with Crippen LogP contribution in [0.5, 0.6) is 0 Å². The number of hydrogen-bond acceptors (Lipinski definition) is 4.